The third-order valence-corrected chi connectivity index (χ3v) is 5.25. The summed E-state index contributed by atoms with van der Waals surface area (Å²) in [5.74, 6) is 0.184. The molecule has 1 fully saturated rings. The molecule has 2 aliphatic heterocycles. The molecule has 3 heteroatoms. The fourth-order valence-electron chi connectivity index (χ4n) is 3.83. The van der Waals surface area contributed by atoms with Crippen LogP contribution < -0.4 is 5.32 Å². The van der Waals surface area contributed by atoms with Crippen LogP contribution in [0.2, 0.25) is 0 Å². The molecule has 1 atom stereocenters. The Morgan fingerprint density at radius 2 is 1.71 bits per heavy atom. The third-order valence-electron chi connectivity index (χ3n) is 5.25. The van der Waals surface area contributed by atoms with Crippen LogP contribution in [0.1, 0.15) is 53.2 Å². The maximum atomic E-state index is 12.6. The Hall–Kier alpha value is -2.29. The number of nitrogens with zero attached hydrogens (tertiary/aromatic N) is 1. The van der Waals surface area contributed by atoms with Gasteiger partial charge in [-0.25, -0.2) is 0 Å². The number of hydrogen-bond acceptors (Lipinski definition) is 2. The van der Waals surface area contributed by atoms with E-state index in [-0.39, 0.29) is 5.91 Å². The molecule has 1 saturated heterocycles. The second-order valence-electron chi connectivity index (χ2n) is 6.87. The highest BCUT2D eigenvalue weighted by Gasteiger charge is 2.21. The van der Waals surface area contributed by atoms with Crippen molar-refractivity contribution in [2.24, 2.45) is 0 Å². The number of piperidine rings is 1. The van der Waals surface area contributed by atoms with E-state index in [1.165, 1.54) is 23.2 Å². The van der Waals surface area contributed by atoms with Crippen molar-refractivity contribution in [1.29, 1.82) is 0 Å². The average molecular weight is 320 g/mol. The molecule has 1 amide bonds. The number of hydrogen-bond donors (Lipinski definition) is 1. The smallest absolute Gasteiger partial charge is 0.253 e. The van der Waals surface area contributed by atoms with Crippen LogP contribution in [0, 0.1) is 0 Å². The number of para-hydroxylation sites is 1. The third kappa shape index (κ3) is 3.03. The lowest BCUT2D eigenvalue weighted by Gasteiger charge is -2.28. The zero-order chi connectivity index (χ0) is 16.4. The van der Waals surface area contributed by atoms with E-state index in [0.29, 0.717) is 6.04 Å². The van der Waals surface area contributed by atoms with E-state index in [9.17, 15) is 4.79 Å². The molecular formula is C21H24N2O. The molecule has 0 aliphatic carbocycles. The zero-order valence-corrected chi connectivity index (χ0v) is 14.0. The van der Waals surface area contributed by atoms with Gasteiger partial charge in [0.2, 0.25) is 0 Å². The summed E-state index contributed by atoms with van der Waals surface area (Å²) in [5, 5.41) is 3.63. The first kappa shape index (κ1) is 15.3. The van der Waals surface area contributed by atoms with Gasteiger partial charge in [-0.3, -0.25) is 4.79 Å². The van der Waals surface area contributed by atoms with Gasteiger partial charge < -0.3 is 10.2 Å². The Bertz CT molecular complexity index is 717. The van der Waals surface area contributed by atoms with Crippen molar-refractivity contribution < 1.29 is 4.79 Å². The van der Waals surface area contributed by atoms with Gasteiger partial charge in [-0.05, 0) is 61.4 Å². The van der Waals surface area contributed by atoms with Gasteiger partial charge in [-0.15, -0.1) is 0 Å². The fourth-order valence-corrected chi connectivity index (χ4v) is 3.83. The molecule has 0 bridgehead atoms. The molecule has 2 heterocycles. The summed E-state index contributed by atoms with van der Waals surface area (Å²) < 4.78 is 0. The van der Waals surface area contributed by atoms with E-state index < -0.39 is 0 Å². The van der Waals surface area contributed by atoms with E-state index in [1.807, 2.05) is 17.0 Å². The highest BCUT2D eigenvalue weighted by atomic mass is 16.2. The summed E-state index contributed by atoms with van der Waals surface area (Å²) in [7, 11) is 0. The molecule has 124 valence electrons. The molecular weight excluding hydrogens is 296 g/mol. The topological polar surface area (TPSA) is 32.3 Å². The number of nitrogens with one attached hydrogen (secondary N) is 1. The Balaban J connectivity index is 1.47. The Morgan fingerprint density at radius 3 is 2.50 bits per heavy atom. The van der Waals surface area contributed by atoms with Crippen LogP contribution in [0.25, 0.3) is 0 Å². The van der Waals surface area contributed by atoms with Crippen molar-refractivity contribution in [3.8, 4) is 0 Å². The predicted molar refractivity (Wildman–Crippen MR) is 97.3 cm³/mol. The van der Waals surface area contributed by atoms with Gasteiger partial charge in [0.15, 0.2) is 0 Å². The lowest BCUT2D eigenvalue weighted by Crippen LogP contribution is -2.35. The standard InChI is InChI=1S/C21H24N2O/c24-21(23-14-4-1-5-15-23)18-10-8-17(9-11-18)20-13-12-16-6-2-3-7-19(16)22-20/h2-3,6-11,20,22H,1,4-5,12-15H2. The normalized spacial score (nSPS) is 20.2. The number of anilines is 1. The number of rotatable bonds is 2. The number of aryl methyl sites for hydroxylation is 1. The minimum atomic E-state index is 0.184. The second-order valence-corrected chi connectivity index (χ2v) is 6.87. The first-order chi connectivity index (χ1) is 11.8. The van der Waals surface area contributed by atoms with Gasteiger partial charge in [0.25, 0.3) is 5.91 Å². The minimum Gasteiger partial charge on any atom is -0.378 e. The van der Waals surface area contributed by atoms with Gasteiger partial charge in [-0.2, -0.15) is 0 Å². The van der Waals surface area contributed by atoms with E-state index >= 15 is 0 Å². The number of carbonyl (C=O) groups excluding carboxylic acids is 1. The highest BCUT2D eigenvalue weighted by molar-refractivity contribution is 5.94. The number of fused-ring (bicyclic) bond motifs is 1. The molecule has 1 unspecified atom stereocenters. The van der Waals surface area contributed by atoms with Crippen molar-refractivity contribution >= 4 is 11.6 Å². The molecule has 2 aromatic rings. The minimum absolute atomic E-state index is 0.184. The highest BCUT2D eigenvalue weighted by Crippen LogP contribution is 2.32. The first-order valence-electron chi connectivity index (χ1n) is 9.05. The van der Waals surface area contributed by atoms with Crippen LogP contribution in [0.3, 0.4) is 0 Å². The Labute approximate surface area is 143 Å². The van der Waals surface area contributed by atoms with Crippen LogP contribution in [0.4, 0.5) is 5.69 Å². The van der Waals surface area contributed by atoms with Crippen LogP contribution in [0.15, 0.2) is 48.5 Å². The predicted octanol–water partition coefficient (Wildman–Crippen LogP) is 4.41. The quantitative estimate of drug-likeness (QED) is 0.889. The molecule has 1 N–H and O–H groups in total. The largest absolute Gasteiger partial charge is 0.378 e. The molecule has 4 rings (SSSR count). The molecule has 0 spiro atoms. The molecule has 0 radical (unpaired) electrons. The maximum Gasteiger partial charge on any atom is 0.253 e. The van der Waals surface area contributed by atoms with Gasteiger partial charge in [0, 0.05) is 24.3 Å². The molecule has 24 heavy (non-hydrogen) atoms. The van der Waals surface area contributed by atoms with Gasteiger partial charge in [-0.1, -0.05) is 30.3 Å². The van der Waals surface area contributed by atoms with E-state index in [4.69, 9.17) is 0 Å². The maximum absolute atomic E-state index is 12.6. The molecule has 2 aromatic carbocycles. The summed E-state index contributed by atoms with van der Waals surface area (Å²) in [6.45, 7) is 1.81. The number of benzene rings is 2. The monoisotopic (exact) mass is 320 g/mol. The van der Waals surface area contributed by atoms with E-state index in [2.05, 4.69) is 41.7 Å². The first-order valence-corrected chi connectivity index (χ1v) is 9.05. The number of carbonyl (C=O) groups is 1. The van der Waals surface area contributed by atoms with Gasteiger partial charge in [0.05, 0.1) is 6.04 Å². The lowest BCUT2D eigenvalue weighted by molar-refractivity contribution is 0.0724. The summed E-state index contributed by atoms with van der Waals surface area (Å²) in [4.78, 5) is 14.6. The Morgan fingerprint density at radius 1 is 0.958 bits per heavy atom. The lowest BCUT2D eigenvalue weighted by atomic mass is 9.93. The van der Waals surface area contributed by atoms with Crippen molar-refractivity contribution in [3.05, 3.63) is 65.2 Å². The van der Waals surface area contributed by atoms with Crippen molar-refractivity contribution in [2.75, 3.05) is 18.4 Å². The van der Waals surface area contributed by atoms with E-state index in [0.717, 1.165) is 44.3 Å². The van der Waals surface area contributed by atoms with Crippen LogP contribution >= 0.6 is 0 Å². The molecule has 0 aromatic heterocycles. The fraction of sp³-hybridized carbons (Fsp3) is 0.381. The molecule has 2 aliphatic rings. The summed E-state index contributed by atoms with van der Waals surface area (Å²) >= 11 is 0. The molecule has 0 saturated carbocycles. The zero-order valence-electron chi connectivity index (χ0n) is 14.0. The van der Waals surface area contributed by atoms with Crippen molar-refractivity contribution in [1.82, 2.24) is 4.90 Å². The van der Waals surface area contributed by atoms with Gasteiger partial charge in [0.1, 0.15) is 0 Å². The SMILES string of the molecule is O=C(c1ccc(C2CCc3ccccc3N2)cc1)N1CCCCC1. The second kappa shape index (κ2) is 6.68. The van der Waals surface area contributed by atoms with Crippen molar-refractivity contribution in [2.45, 2.75) is 38.1 Å². The average Bonchev–Trinajstić information content (AvgIpc) is 2.68. The summed E-state index contributed by atoms with van der Waals surface area (Å²) in [6, 6.07) is 17.1. The van der Waals surface area contributed by atoms with E-state index in [1.54, 1.807) is 0 Å². The molecule has 3 nitrogen and oxygen atoms in total. The van der Waals surface area contributed by atoms with Gasteiger partial charge >= 0.3 is 0 Å². The van der Waals surface area contributed by atoms with Crippen LogP contribution in [-0.4, -0.2) is 23.9 Å². The number of likely N-dealkylation sites (tertiary alicyclic amines) is 1. The Kier molecular flexibility index (Phi) is 4.24. The summed E-state index contributed by atoms with van der Waals surface area (Å²) in [6.07, 6.45) is 5.71. The number of amides is 1. The van der Waals surface area contributed by atoms with Crippen LogP contribution in [0.5, 0.6) is 0 Å². The van der Waals surface area contributed by atoms with Crippen LogP contribution in [-0.2, 0) is 6.42 Å². The van der Waals surface area contributed by atoms with Crippen molar-refractivity contribution in [3.63, 3.8) is 0 Å². The summed E-state index contributed by atoms with van der Waals surface area (Å²) in [5.41, 5.74) is 4.71.